The fraction of sp³-hybridized carbons (Fsp3) is 0.474. The van der Waals surface area contributed by atoms with Crippen molar-refractivity contribution < 1.29 is 18.7 Å². The molecule has 0 bridgehead atoms. The Kier molecular flexibility index (Phi) is 5.08. The highest BCUT2D eigenvalue weighted by molar-refractivity contribution is 5.86. The lowest BCUT2D eigenvalue weighted by molar-refractivity contribution is -0.158. The molecule has 1 amide bonds. The van der Waals surface area contributed by atoms with Gasteiger partial charge in [-0.1, -0.05) is 0 Å². The number of amides is 1. The van der Waals surface area contributed by atoms with Gasteiger partial charge in [-0.3, -0.25) is 9.78 Å². The zero-order valence-corrected chi connectivity index (χ0v) is 15.7. The molecule has 9 heteroatoms. The number of fused-ring (bicyclic) bond motifs is 1. The van der Waals surface area contributed by atoms with Gasteiger partial charge in [-0.25, -0.2) is 14.4 Å². The van der Waals surface area contributed by atoms with Gasteiger partial charge in [-0.2, -0.15) is 0 Å². The number of nitrogens with zero attached hydrogens (tertiary/aromatic N) is 5. The van der Waals surface area contributed by atoms with Gasteiger partial charge in [0.15, 0.2) is 11.6 Å². The molecule has 0 radical (unpaired) electrons. The van der Waals surface area contributed by atoms with Crippen molar-refractivity contribution in [3.8, 4) is 5.75 Å². The van der Waals surface area contributed by atoms with Crippen LogP contribution in [-0.2, 0) is 16.1 Å². The highest BCUT2D eigenvalue weighted by Crippen LogP contribution is 2.32. The van der Waals surface area contributed by atoms with E-state index in [4.69, 9.17) is 9.47 Å². The van der Waals surface area contributed by atoms with Gasteiger partial charge >= 0.3 is 0 Å². The third kappa shape index (κ3) is 3.37. The second kappa shape index (κ2) is 7.67. The van der Waals surface area contributed by atoms with Crippen LogP contribution in [0.15, 0.2) is 30.9 Å². The van der Waals surface area contributed by atoms with Gasteiger partial charge in [-0.15, -0.1) is 0 Å². The molecule has 0 unspecified atom stereocenters. The predicted octanol–water partition coefficient (Wildman–Crippen LogP) is 1.42. The molecule has 0 spiro atoms. The maximum absolute atomic E-state index is 13.9. The van der Waals surface area contributed by atoms with E-state index in [9.17, 15) is 9.18 Å². The van der Waals surface area contributed by atoms with E-state index in [2.05, 4.69) is 15.0 Å². The topological polar surface area (TPSA) is 80.7 Å². The number of methoxy groups -OCH3 is 1. The molecule has 2 aliphatic rings. The van der Waals surface area contributed by atoms with Crippen LogP contribution in [0.4, 0.5) is 10.3 Å². The number of carbonyl (C=O) groups is 1. The smallest absolute Gasteiger partial charge is 0.255 e. The molecule has 0 N–H and O–H groups in total. The molecule has 2 aromatic rings. The Balaban J connectivity index is 1.50. The summed E-state index contributed by atoms with van der Waals surface area (Å²) < 4.78 is 25.2. The summed E-state index contributed by atoms with van der Waals surface area (Å²) in [7, 11) is 1.57. The summed E-state index contributed by atoms with van der Waals surface area (Å²) in [5, 5.41) is 0. The number of hydrogen-bond donors (Lipinski definition) is 0. The molecule has 1 fully saturated rings. The molecular weight excluding hydrogens is 365 g/mol. The fourth-order valence-electron chi connectivity index (χ4n) is 3.77. The van der Waals surface area contributed by atoms with Crippen molar-refractivity contribution >= 4 is 11.9 Å². The lowest BCUT2D eigenvalue weighted by Gasteiger charge is -2.41. The molecule has 8 nitrogen and oxygen atoms in total. The van der Waals surface area contributed by atoms with Crippen molar-refractivity contribution in [1.82, 2.24) is 19.9 Å². The molecule has 0 aliphatic carbocycles. The Morgan fingerprint density at radius 1 is 1.21 bits per heavy atom. The van der Waals surface area contributed by atoms with Crippen LogP contribution in [0.1, 0.15) is 18.4 Å². The van der Waals surface area contributed by atoms with E-state index in [1.807, 2.05) is 4.90 Å². The normalized spacial score (nSPS) is 18.8. The summed E-state index contributed by atoms with van der Waals surface area (Å²) >= 11 is 0. The summed E-state index contributed by atoms with van der Waals surface area (Å²) in [5.41, 5.74) is -0.358. The average Bonchev–Trinajstić information content (AvgIpc) is 2.97. The Bertz CT molecular complexity index is 843. The van der Waals surface area contributed by atoms with E-state index in [0.717, 1.165) is 6.20 Å². The number of aromatic nitrogens is 3. The van der Waals surface area contributed by atoms with Crippen molar-refractivity contribution in [3.63, 3.8) is 0 Å². The van der Waals surface area contributed by atoms with Crippen LogP contribution in [0.5, 0.6) is 5.75 Å². The first-order chi connectivity index (χ1) is 13.6. The molecule has 1 saturated heterocycles. The molecule has 0 saturated carbocycles. The zero-order chi connectivity index (χ0) is 19.6. The van der Waals surface area contributed by atoms with Gasteiger partial charge in [0.25, 0.3) is 5.91 Å². The first-order valence-electron chi connectivity index (χ1n) is 9.25. The Morgan fingerprint density at radius 2 is 1.96 bits per heavy atom. The van der Waals surface area contributed by atoms with Crippen LogP contribution in [0.25, 0.3) is 0 Å². The van der Waals surface area contributed by atoms with Crippen molar-refractivity contribution in [2.24, 2.45) is 0 Å². The molecular formula is C19H22FN5O3. The maximum Gasteiger partial charge on any atom is 0.255 e. The average molecular weight is 387 g/mol. The number of anilines is 1. The van der Waals surface area contributed by atoms with Crippen molar-refractivity contribution in [2.45, 2.75) is 25.0 Å². The van der Waals surface area contributed by atoms with Crippen molar-refractivity contribution in [2.75, 3.05) is 38.3 Å². The largest absolute Gasteiger partial charge is 0.488 e. The van der Waals surface area contributed by atoms with Gasteiger partial charge in [0.2, 0.25) is 5.95 Å². The minimum absolute atomic E-state index is 0.107. The number of hydrogen-bond acceptors (Lipinski definition) is 7. The standard InChI is InChI=1S/C19H22FN5O3/c1-27-19(3-7-24(8-4-19)18-22-5-2-6-23-18)17(26)25-9-10-28-16-14(13-25)11-21-12-15(16)20/h2,5-6,11-12H,3-4,7-10,13H2,1H3. The second-order valence-electron chi connectivity index (χ2n) is 6.92. The fourth-order valence-corrected chi connectivity index (χ4v) is 3.77. The Hall–Kier alpha value is -2.81. The van der Waals surface area contributed by atoms with Crippen LogP contribution in [-0.4, -0.2) is 64.7 Å². The molecule has 4 heterocycles. The number of halogens is 1. The van der Waals surface area contributed by atoms with Crippen LogP contribution >= 0.6 is 0 Å². The van der Waals surface area contributed by atoms with Gasteiger partial charge in [0.1, 0.15) is 12.2 Å². The molecule has 28 heavy (non-hydrogen) atoms. The van der Waals surface area contributed by atoms with E-state index >= 15 is 0 Å². The third-order valence-corrected chi connectivity index (χ3v) is 5.37. The van der Waals surface area contributed by atoms with Crippen LogP contribution in [0.3, 0.4) is 0 Å². The SMILES string of the molecule is COC1(C(=O)N2CCOc3c(F)cncc3C2)CCN(c2ncccn2)CC1. The minimum Gasteiger partial charge on any atom is -0.488 e. The zero-order valence-electron chi connectivity index (χ0n) is 15.7. The van der Waals surface area contributed by atoms with E-state index in [1.165, 1.54) is 0 Å². The molecule has 2 aliphatic heterocycles. The maximum atomic E-state index is 13.9. The third-order valence-electron chi connectivity index (χ3n) is 5.37. The van der Waals surface area contributed by atoms with E-state index < -0.39 is 11.4 Å². The lowest BCUT2D eigenvalue weighted by atomic mass is 9.89. The first-order valence-corrected chi connectivity index (χ1v) is 9.25. The van der Waals surface area contributed by atoms with E-state index in [1.54, 1.807) is 36.7 Å². The van der Waals surface area contributed by atoms with E-state index in [0.29, 0.717) is 44.0 Å². The molecule has 2 aromatic heterocycles. The summed E-state index contributed by atoms with van der Waals surface area (Å²) in [4.78, 5) is 29.5. The van der Waals surface area contributed by atoms with Crippen molar-refractivity contribution in [3.05, 3.63) is 42.2 Å². The van der Waals surface area contributed by atoms with Gasteiger partial charge in [-0.05, 0) is 6.07 Å². The second-order valence-corrected chi connectivity index (χ2v) is 6.92. The molecule has 0 atom stereocenters. The number of ether oxygens (including phenoxy) is 2. The van der Waals surface area contributed by atoms with Gasteiger partial charge in [0.05, 0.1) is 19.3 Å². The minimum atomic E-state index is -0.920. The quantitative estimate of drug-likeness (QED) is 0.788. The monoisotopic (exact) mass is 387 g/mol. The van der Waals surface area contributed by atoms with Crippen LogP contribution < -0.4 is 9.64 Å². The molecule has 0 aromatic carbocycles. The number of piperidine rings is 1. The van der Waals surface area contributed by atoms with Gasteiger partial charge < -0.3 is 19.3 Å². The summed E-state index contributed by atoms with van der Waals surface area (Å²) in [6, 6.07) is 1.77. The summed E-state index contributed by atoms with van der Waals surface area (Å²) in [5.74, 6) is 0.208. The number of rotatable bonds is 3. The number of carbonyl (C=O) groups excluding carboxylic acids is 1. The van der Waals surface area contributed by atoms with Crippen LogP contribution in [0, 0.1) is 5.82 Å². The van der Waals surface area contributed by atoms with E-state index in [-0.39, 0.29) is 24.8 Å². The lowest BCUT2D eigenvalue weighted by Crippen LogP contribution is -2.56. The first kappa shape index (κ1) is 18.5. The Labute approximate surface area is 162 Å². The summed E-state index contributed by atoms with van der Waals surface area (Å²) in [6.45, 7) is 2.06. The van der Waals surface area contributed by atoms with Gasteiger partial charge in [0, 0.05) is 57.2 Å². The summed E-state index contributed by atoms with van der Waals surface area (Å²) in [6.07, 6.45) is 7.10. The molecule has 148 valence electrons. The molecule has 4 rings (SSSR count). The highest BCUT2D eigenvalue weighted by Gasteiger charge is 2.45. The van der Waals surface area contributed by atoms with Crippen LogP contribution in [0.2, 0.25) is 0 Å². The van der Waals surface area contributed by atoms with Crippen molar-refractivity contribution in [1.29, 1.82) is 0 Å². The highest BCUT2D eigenvalue weighted by atomic mass is 19.1. The number of pyridine rings is 1. The Morgan fingerprint density at radius 3 is 2.68 bits per heavy atom. The predicted molar refractivity (Wildman–Crippen MR) is 98.3 cm³/mol.